The summed E-state index contributed by atoms with van der Waals surface area (Å²) in [7, 11) is 0. The molecule has 2 heterocycles. The molecule has 7 nitrogen and oxygen atoms in total. The first-order chi connectivity index (χ1) is 12.7. The second kappa shape index (κ2) is 10.9. The van der Waals surface area contributed by atoms with E-state index in [1.54, 1.807) is 0 Å². The van der Waals surface area contributed by atoms with Crippen LogP contribution in [-0.2, 0) is 13.1 Å². The molecule has 0 bridgehead atoms. The fraction of sp³-hybridized carbons (Fsp3) is 0.421. The van der Waals surface area contributed by atoms with Gasteiger partial charge >= 0.3 is 11.4 Å². The van der Waals surface area contributed by atoms with E-state index in [0.717, 1.165) is 12.0 Å². The summed E-state index contributed by atoms with van der Waals surface area (Å²) in [6.45, 7) is 11.0. The van der Waals surface area contributed by atoms with E-state index < -0.39 is 5.69 Å². The van der Waals surface area contributed by atoms with E-state index >= 15 is 0 Å². The predicted octanol–water partition coefficient (Wildman–Crippen LogP) is 3.49. The molecule has 0 aliphatic heterocycles. The minimum Gasteiger partial charge on any atom is -0.366 e. The van der Waals surface area contributed by atoms with Crippen molar-refractivity contribution >= 4 is 17.0 Å². The predicted molar refractivity (Wildman–Crippen MR) is 108 cm³/mol. The number of hydrogen-bond acceptors (Lipinski definition) is 4. The van der Waals surface area contributed by atoms with Gasteiger partial charge in [-0.25, -0.2) is 9.59 Å². The molecule has 0 aliphatic carbocycles. The van der Waals surface area contributed by atoms with Crippen LogP contribution < -0.4 is 16.7 Å². The van der Waals surface area contributed by atoms with Crippen LogP contribution >= 0.6 is 0 Å². The summed E-state index contributed by atoms with van der Waals surface area (Å²) in [4.78, 5) is 33.0. The van der Waals surface area contributed by atoms with Gasteiger partial charge in [0.2, 0.25) is 0 Å². The number of fused-ring (bicyclic) bond motifs is 1. The van der Waals surface area contributed by atoms with Gasteiger partial charge in [-0.05, 0) is 12.0 Å². The van der Waals surface area contributed by atoms with Gasteiger partial charge in [-0.1, -0.05) is 65.0 Å². The van der Waals surface area contributed by atoms with Crippen molar-refractivity contribution in [2.24, 2.45) is 0 Å². The number of aromatic amines is 2. The molecule has 2 aromatic heterocycles. The fourth-order valence-electron chi connectivity index (χ4n) is 2.40. The van der Waals surface area contributed by atoms with Gasteiger partial charge < -0.3 is 10.3 Å². The van der Waals surface area contributed by atoms with Crippen LogP contribution in [0.2, 0.25) is 0 Å². The van der Waals surface area contributed by atoms with Crippen LogP contribution in [0.5, 0.6) is 0 Å². The zero-order chi connectivity index (χ0) is 19.5. The van der Waals surface area contributed by atoms with E-state index in [9.17, 15) is 9.59 Å². The number of aryl methyl sites for hydroxylation is 1. The maximum absolute atomic E-state index is 12.0. The van der Waals surface area contributed by atoms with Crippen LogP contribution in [0.15, 0.2) is 39.9 Å². The Bertz CT molecular complexity index is 894. The van der Waals surface area contributed by atoms with Crippen molar-refractivity contribution in [1.29, 1.82) is 0 Å². The molecule has 142 valence electrons. The lowest BCUT2D eigenvalue weighted by molar-refractivity contribution is 0.668. The first-order valence-corrected chi connectivity index (χ1v) is 9.19. The normalized spacial score (nSPS) is 9.73. The number of H-pyrrole nitrogens is 2. The molecule has 0 aliphatic rings. The molecule has 0 fully saturated rings. The third-order valence-electron chi connectivity index (χ3n) is 3.41. The first-order valence-electron chi connectivity index (χ1n) is 9.19. The second-order valence-corrected chi connectivity index (χ2v) is 5.04. The Labute approximate surface area is 153 Å². The van der Waals surface area contributed by atoms with Crippen LogP contribution in [-0.4, -0.2) is 19.5 Å². The van der Waals surface area contributed by atoms with E-state index in [2.05, 4.69) is 20.3 Å². The highest BCUT2D eigenvalue weighted by atomic mass is 16.2. The Balaban J connectivity index is 0.000000791. The lowest BCUT2D eigenvalue weighted by Crippen LogP contribution is -2.18. The van der Waals surface area contributed by atoms with Gasteiger partial charge in [-0.15, -0.1) is 0 Å². The maximum Gasteiger partial charge on any atom is 0.348 e. The molecule has 1 aromatic carbocycles. The molecule has 0 saturated carbocycles. The minimum absolute atomic E-state index is 0.258. The minimum atomic E-state index is -0.480. The van der Waals surface area contributed by atoms with Crippen molar-refractivity contribution in [1.82, 2.24) is 19.5 Å². The zero-order valence-corrected chi connectivity index (χ0v) is 16.2. The Hall–Kier alpha value is -2.83. The number of aromatic nitrogens is 4. The molecular formula is C19H29N5O2. The van der Waals surface area contributed by atoms with Gasteiger partial charge in [0.05, 0.1) is 0 Å². The Morgan fingerprint density at radius 2 is 1.69 bits per heavy atom. The van der Waals surface area contributed by atoms with Gasteiger partial charge in [-0.2, -0.15) is 4.98 Å². The molecule has 7 heteroatoms. The Kier molecular flexibility index (Phi) is 8.91. The number of nitrogens with zero attached hydrogens (tertiary/aromatic N) is 2. The number of nitrogens with one attached hydrogen (secondary N) is 3. The summed E-state index contributed by atoms with van der Waals surface area (Å²) in [6.07, 6.45) is 0.786. The van der Waals surface area contributed by atoms with Crippen LogP contribution in [0, 0.1) is 0 Å². The van der Waals surface area contributed by atoms with E-state index in [-0.39, 0.29) is 5.69 Å². The standard InChI is InChI=1S/C15H17N5O2.2C2H6/c1-2-8-20-13-11(17-15(20)22)12(18-14(21)19-13)16-9-10-6-4-3-5-7-10;2*1-2/h3-7H,2,8-9H2,1H3,(H,17,22)(H2,16,18,19,21);2*1-2H3. The largest absolute Gasteiger partial charge is 0.366 e. The molecule has 3 aromatic rings. The quantitative estimate of drug-likeness (QED) is 0.650. The van der Waals surface area contributed by atoms with Gasteiger partial charge in [-0.3, -0.25) is 9.55 Å². The molecule has 3 rings (SSSR count). The Morgan fingerprint density at radius 3 is 2.31 bits per heavy atom. The van der Waals surface area contributed by atoms with Gasteiger partial charge in [0.15, 0.2) is 5.65 Å². The number of rotatable bonds is 5. The topological polar surface area (TPSA) is 95.6 Å². The van der Waals surface area contributed by atoms with E-state index in [4.69, 9.17) is 0 Å². The fourth-order valence-corrected chi connectivity index (χ4v) is 2.40. The van der Waals surface area contributed by atoms with Crippen molar-refractivity contribution in [3.63, 3.8) is 0 Å². The molecule has 26 heavy (non-hydrogen) atoms. The number of hydrogen-bond donors (Lipinski definition) is 3. The SMILES string of the molecule is CC.CC.CCCn1c(=O)[nH]c2c(NCc3ccccc3)[nH]c(=O)nc21. The molecule has 0 saturated heterocycles. The van der Waals surface area contributed by atoms with Crippen LogP contribution in [0.25, 0.3) is 11.2 Å². The molecule has 0 spiro atoms. The summed E-state index contributed by atoms with van der Waals surface area (Å²) < 4.78 is 1.48. The van der Waals surface area contributed by atoms with Crippen molar-refractivity contribution in [2.75, 3.05) is 5.32 Å². The molecule has 3 N–H and O–H groups in total. The monoisotopic (exact) mass is 359 g/mol. The number of benzene rings is 1. The second-order valence-electron chi connectivity index (χ2n) is 5.04. The van der Waals surface area contributed by atoms with Crippen molar-refractivity contribution < 1.29 is 0 Å². The van der Waals surface area contributed by atoms with Crippen LogP contribution in [0.1, 0.15) is 46.6 Å². The summed E-state index contributed by atoms with van der Waals surface area (Å²) in [6, 6.07) is 9.80. The van der Waals surface area contributed by atoms with Crippen molar-refractivity contribution in [3.8, 4) is 0 Å². The lowest BCUT2D eigenvalue weighted by Gasteiger charge is -2.07. The molecular weight excluding hydrogens is 330 g/mol. The average Bonchev–Trinajstić information content (AvgIpc) is 3.00. The maximum atomic E-state index is 12.0. The third-order valence-corrected chi connectivity index (χ3v) is 3.41. The van der Waals surface area contributed by atoms with E-state index in [0.29, 0.717) is 30.1 Å². The average molecular weight is 359 g/mol. The van der Waals surface area contributed by atoms with Crippen LogP contribution in [0.3, 0.4) is 0 Å². The smallest absolute Gasteiger partial charge is 0.348 e. The molecule has 0 radical (unpaired) electrons. The molecule has 0 amide bonds. The van der Waals surface area contributed by atoms with Gasteiger partial charge in [0.1, 0.15) is 11.3 Å². The lowest BCUT2D eigenvalue weighted by atomic mass is 10.2. The number of imidazole rings is 1. The summed E-state index contributed by atoms with van der Waals surface area (Å²) in [5.74, 6) is 0.478. The highest BCUT2D eigenvalue weighted by Gasteiger charge is 2.13. The highest BCUT2D eigenvalue weighted by Crippen LogP contribution is 2.15. The van der Waals surface area contributed by atoms with Crippen LogP contribution in [0.4, 0.5) is 5.82 Å². The van der Waals surface area contributed by atoms with Crippen molar-refractivity contribution in [2.45, 2.75) is 54.1 Å². The van der Waals surface area contributed by atoms with Gasteiger partial charge in [0.25, 0.3) is 0 Å². The molecule has 0 unspecified atom stereocenters. The van der Waals surface area contributed by atoms with Gasteiger partial charge in [0, 0.05) is 13.1 Å². The summed E-state index contributed by atoms with van der Waals surface area (Å²) in [5.41, 5.74) is 1.24. The number of anilines is 1. The zero-order valence-electron chi connectivity index (χ0n) is 16.2. The summed E-state index contributed by atoms with van der Waals surface area (Å²) >= 11 is 0. The van der Waals surface area contributed by atoms with Crippen molar-refractivity contribution in [3.05, 3.63) is 56.9 Å². The Morgan fingerprint density at radius 1 is 1.04 bits per heavy atom. The first kappa shape index (κ1) is 21.2. The van der Waals surface area contributed by atoms with E-state index in [1.165, 1.54) is 4.57 Å². The third kappa shape index (κ3) is 5.08. The summed E-state index contributed by atoms with van der Waals surface area (Å²) in [5, 5.41) is 3.15. The molecule has 0 atom stereocenters. The van der Waals surface area contributed by atoms with E-state index in [1.807, 2.05) is 65.0 Å². The highest BCUT2D eigenvalue weighted by molar-refractivity contribution is 5.82.